The van der Waals surface area contributed by atoms with Gasteiger partial charge in [-0.05, 0) is 30.3 Å². The van der Waals surface area contributed by atoms with Gasteiger partial charge in [-0.25, -0.2) is 4.98 Å². The number of carbonyl (C=O) groups is 1. The Labute approximate surface area is 144 Å². The number of hydrogen-bond donors (Lipinski definition) is 0. The number of alkyl halides is 3. The first kappa shape index (κ1) is 17.2. The number of rotatable bonds is 3. The number of aromatic nitrogens is 2. The van der Waals surface area contributed by atoms with Gasteiger partial charge in [-0.1, -0.05) is 23.7 Å². The van der Waals surface area contributed by atoms with E-state index in [2.05, 4.69) is 4.98 Å². The molecule has 4 nitrogen and oxygen atoms in total. The fraction of sp³-hybridized carbons (Fsp3) is 0.118. The molecule has 2 aromatic carbocycles. The Morgan fingerprint density at radius 3 is 2.44 bits per heavy atom. The van der Waals surface area contributed by atoms with Gasteiger partial charge in [0.15, 0.2) is 5.78 Å². The van der Waals surface area contributed by atoms with Crippen LogP contribution >= 0.6 is 11.6 Å². The first-order chi connectivity index (χ1) is 11.8. The molecule has 0 aliphatic heterocycles. The van der Waals surface area contributed by atoms with E-state index in [-0.39, 0.29) is 17.5 Å². The highest BCUT2D eigenvalue weighted by Gasteiger charge is 2.30. The van der Waals surface area contributed by atoms with E-state index in [1.54, 1.807) is 12.1 Å². The van der Waals surface area contributed by atoms with Crippen LogP contribution in [0.4, 0.5) is 13.2 Å². The summed E-state index contributed by atoms with van der Waals surface area (Å²) in [4.78, 5) is 28.7. The van der Waals surface area contributed by atoms with Crippen molar-refractivity contribution < 1.29 is 18.0 Å². The Bertz CT molecular complexity index is 1010. The van der Waals surface area contributed by atoms with Crippen LogP contribution in [0.5, 0.6) is 0 Å². The normalized spacial score (nSPS) is 11.7. The average Bonchev–Trinajstić information content (AvgIpc) is 2.57. The number of Topliss-reactive ketones (excluding diaryl/α,β-unsaturated/α-hetero) is 1. The van der Waals surface area contributed by atoms with Gasteiger partial charge in [0.1, 0.15) is 0 Å². The van der Waals surface area contributed by atoms with Crippen LogP contribution in [0.2, 0.25) is 5.02 Å². The molecule has 0 aliphatic rings. The van der Waals surface area contributed by atoms with Crippen molar-refractivity contribution in [3.8, 4) is 0 Å². The van der Waals surface area contributed by atoms with E-state index in [0.717, 1.165) is 28.8 Å². The number of benzene rings is 2. The van der Waals surface area contributed by atoms with E-state index in [0.29, 0.717) is 10.5 Å². The van der Waals surface area contributed by atoms with Gasteiger partial charge in [0.05, 0.1) is 29.3 Å². The van der Waals surface area contributed by atoms with E-state index in [1.165, 1.54) is 12.4 Å². The molecule has 0 aliphatic carbocycles. The Morgan fingerprint density at radius 1 is 1.12 bits per heavy atom. The monoisotopic (exact) mass is 366 g/mol. The lowest BCUT2D eigenvalue weighted by molar-refractivity contribution is -0.137. The van der Waals surface area contributed by atoms with Gasteiger partial charge in [-0.3, -0.25) is 14.2 Å². The molecule has 0 amide bonds. The van der Waals surface area contributed by atoms with Gasteiger partial charge in [-0.2, -0.15) is 13.2 Å². The predicted molar refractivity (Wildman–Crippen MR) is 86.8 cm³/mol. The lowest BCUT2D eigenvalue weighted by atomic mass is 10.1. The molecule has 0 saturated heterocycles. The smallest absolute Gasteiger partial charge is 0.292 e. The second kappa shape index (κ2) is 6.33. The molecular formula is C17H10ClF3N2O2. The quantitative estimate of drug-likeness (QED) is 0.659. The van der Waals surface area contributed by atoms with Crippen molar-refractivity contribution in [2.75, 3.05) is 0 Å². The summed E-state index contributed by atoms with van der Waals surface area (Å²) in [5.41, 5.74) is -0.783. The Kier molecular flexibility index (Phi) is 4.34. The molecule has 0 saturated carbocycles. The molecule has 0 atom stereocenters. The summed E-state index contributed by atoms with van der Waals surface area (Å²) in [6.07, 6.45) is -3.25. The van der Waals surface area contributed by atoms with Crippen LogP contribution in [0.25, 0.3) is 10.9 Å². The van der Waals surface area contributed by atoms with Crippen molar-refractivity contribution in [3.63, 3.8) is 0 Å². The second-order valence-corrected chi connectivity index (χ2v) is 5.77. The van der Waals surface area contributed by atoms with Crippen molar-refractivity contribution >= 4 is 28.3 Å². The third kappa shape index (κ3) is 3.56. The predicted octanol–water partition coefficient (Wildman–Crippen LogP) is 3.95. The molecule has 1 aromatic heterocycles. The van der Waals surface area contributed by atoms with E-state index < -0.39 is 23.1 Å². The fourth-order valence-electron chi connectivity index (χ4n) is 2.33. The number of carbonyl (C=O) groups excluding carboxylic acids is 1. The van der Waals surface area contributed by atoms with Gasteiger partial charge in [0.2, 0.25) is 0 Å². The minimum Gasteiger partial charge on any atom is -0.292 e. The maximum absolute atomic E-state index is 12.6. The molecule has 8 heteroatoms. The zero-order chi connectivity index (χ0) is 18.2. The highest BCUT2D eigenvalue weighted by atomic mass is 35.5. The molecular weight excluding hydrogens is 357 g/mol. The molecule has 0 spiro atoms. The minimum atomic E-state index is -4.47. The zero-order valence-corrected chi connectivity index (χ0v) is 13.3. The molecule has 0 unspecified atom stereocenters. The van der Waals surface area contributed by atoms with Gasteiger partial charge < -0.3 is 0 Å². The van der Waals surface area contributed by atoms with Crippen LogP contribution in [0.15, 0.2) is 53.6 Å². The van der Waals surface area contributed by atoms with Crippen LogP contribution in [0.1, 0.15) is 15.9 Å². The van der Waals surface area contributed by atoms with E-state index >= 15 is 0 Å². The van der Waals surface area contributed by atoms with Gasteiger partial charge in [0.25, 0.3) is 5.56 Å². The molecule has 0 fully saturated rings. The van der Waals surface area contributed by atoms with E-state index in [9.17, 15) is 22.8 Å². The highest BCUT2D eigenvalue weighted by Crippen LogP contribution is 2.29. The molecule has 3 aromatic rings. The number of nitrogens with zero attached hydrogens (tertiary/aromatic N) is 2. The van der Waals surface area contributed by atoms with Crippen LogP contribution in [0.3, 0.4) is 0 Å². The number of halogens is 4. The molecule has 3 rings (SSSR count). The summed E-state index contributed by atoms with van der Waals surface area (Å²) in [5.74, 6) is -0.501. The third-order valence-corrected chi connectivity index (χ3v) is 3.87. The summed E-state index contributed by atoms with van der Waals surface area (Å²) in [5, 5.41) is 0.619. The van der Waals surface area contributed by atoms with Crippen LogP contribution in [0, 0.1) is 0 Å². The van der Waals surface area contributed by atoms with E-state index in [4.69, 9.17) is 11.6 Å². The summed E-state index contributed by atoms with van der Waals surface area (Å²) < 4.78 is 38.8. The van der Waals surface area contributed by atoms with E-state index in [1.807, 2.05) is 0 Å². The van der Waals surface area contributed by atoms with Gasteiger partial charge in [-0.15, -0.1) is 0 Å². The van der Waals surface area contributed by atoms with Gasteiger partial charge >= 0.3 is 6.18 Å². The third-order valence-electron chi connectivity index (χ3n) is 3.63. The Morgan fingerprint density at radius 2 is 1.80 bits per heavy atom. The lowest BCUT2D eigenvalue weighted by Gasteiger charge is -2.08. The topological polar surface area (TPSA) is 52.0 Å². The van der Waals surface area contributed by atoms with Gasteiger partial charge in [0, 0.05) is 10.6 Å². The second-order valence-electron chi connectivity index (χ2n) is 5.34. The Balaban J connectivity index is 1.89. The molecule has 1 heterocycles. The lowest BCUT2D eigenvalue weighted by Crippen LogP contribution is -2.24. The summed E-state index contributed by atoms with van der Waals surface area (Å²) in [7, 11) is 0. The Hall–Kier alpha value is -2.67. The zero-order valence-electron chi connectivity index (χ0n) is 12.5. The highest BCUT2D eigenvalue weighted by molar-refractivity contribution is 6.31. The van der Waals surface area contributed by atoms with Crippen molar-refractivity contribution in [1.29, 1.82) is 0 Å². The van der Waals surface area contributed by atoms with Crippen LogP contribution in [-0.2, 0) is 12.7 Å². The van der Waals surface area contributed by atoms with Crippen LogP contribution in [-0.4, -0.2) is 15.3 Å². The average molecular weight is 367 g/mol. The van der Waals surface area contributed by atoms with Crippen LogP contribution < -0.4 is 5.56 Å². The largest absolute Gasteiger partial charge is 0.416 e. The molecule has 128 valence electrons. The van der Waals surface area contributed by atoms with Crippen molar-refractivity contribution in [3.05, 3.63) is 75.3 Å². The first-order valence-electron chi connectivity index (χ1n) is 7.11. The maximum Gasteiger partial charge on any atom is 0.416 e. The summed E-state index contributed by atoms with van der Waals surface area (Å²) in [6.45, 7) is -0.334. The summed E-state index contributed by atoms with van der Waals surface area (Å²) in [6, 6.07) is 8.45. The maximum atomic E-state index is 12.6. The summed E-state index contributed by atoms with van der Waals surface area (Å²) >= 11 is 5.86. The fourth-order valence-corrected chi connectivity index (χ4v) is 2.51. The number of fused-ring (bicyclic) bond motifs is 1. The van der Waals surface area contributed by atoms with Crippen molar-refractivity contribution in [2.45, 2.75) is 12.7 Å². The molecule has 0 N–H and O–H groups in total. The van der Waals surface area contributed by atoms with Crippen molar-refractivity contribution in [2.24, 2.45) is 0 Å². The first-order valence-corrected chi connectivity index (χ1v) is 7.48. The molecule has 0 bridgehead atoms. The SMILES string of the molecule is O=C(Cn1cnc2ccc(Cl)cc2c1=O)c1ccc(C(F)(F)F)cc1. The molecule has 0 radical (unpaired) electrons. The number of hydrogen-bond acceptors (Lipinski definition) is 3. The molecule has 25 heavy (non-hydrogen) atoms. The van der Waals surface area contributed by atoms with Crippen molar-refractivity contribution in [1.82, 2.24) is 9.55 Å². The number of ketones is 1. The minimum absolute atomic E-state index is 0.0751. The standard InChI is InChI=1S/C17H10ClF3N2O2/c18-12-5-6-14-13(7-12)16(25)23(9-22-14)8-15(24)10-1-3-11(4-2-10)17(19,20)21/h1-7,9H,8H2.